The maximum atomic E-state index is 12.4. The van der Waals surface area contributed by atoms with E-state index in [1.54, 1.807) is 0 Å². The number of para-hydroxylation sites is 1. The quantitative estimate of drug-likeness (QED) is 0.883. The molecule has 24 heavy (non-hydrogen) atoms. The molecule has 1 aliphatic rings. The third kappa shape index (κ3) is 3.53. The summed E-state index contributed by atoms with van der Waals surface area (Å²) in [6.45, 7) is 7.46. The highest BCUT2D eigenvalue weighted by Crippen LogP contribution is 2.30. The second-order valence-electron chi connectivity index (χ2n) is 6.07. The summed E-state index contributed by atoms with van der Waals surface area (Å²) in [5.41, 5.74) is 4.57. The van der Waals surface area contributed by atoms with Gasteiger partial charge in [0.2, 0.25) is 5.91 Å². The molecule has 1 heterocycles. The molecule has 0 radical (unpaired) electrons. The average molecular weight is 323 g/mol. The first kappa shape index (κ1) is 16.4. The van der Waals surface area contributed by atoms with E-state index in [1.165, 1.54) is 11.3 Å². The molecule has 0 fully saturated rings. The van der Waals surface area contributed by atoms with Crippen molar-refractivity contribution in [3.63, 3.8) is 0 Å². The highest BCUT2D eigenvalue weighted by molar-refractivity contribution is 5.94. The van der Waals surface area contributed by atoms with E-state index >= 15 is 0 Å². The Morgan fingerprint density at radius 1 is 1.17 bits per heavy atom. The van der Waals surface area contributed by atoms with E-state index in [9.17, 15) is 4.79 Å². The Labute approximate surface area is 144 Å². The molecule has 126 valence electrons. The first-order chi connectivity index (χ1) is 11.7. The van der Waals surface area contributed by atoms with Crippen molar-refractivity contribution in [1.29, 1.82) is 0 Å². The molecule has 0 aliphatic carbocycles. The lowest BCUT2D eigenvalue weighted by Gasteiger charge is -2.22. The third-order valence-electron chi connectivity index (χ3n) is 4.58. The summed E-state index contributed by atoms with van der Waals surface area (Å²) in [6, 6.07) is 16.3. The summed E-state index contributed by atoms with van der Waals surface area (Å²) in [4.78, 5) is 16.9. The van der Waals surface area contributed by atoms with Crippen LogP contribution in [0.4, 0.5) is 17.1 Å². The maximum Gasteiger partial charge on any atom is 0.243 e. The fourth-order valence-corrected chi connectivity index (χ4v) is 3.25. The number of likely N-dealkylation sites (N-methyl/N-ethyl adjacent to an activating group) is 2. The van der Waals surface area contributed by atoms with E-state index in [4.69, 9.17) is 0 Å². The number of benzene rings is 2. The standard InChI is InChI=1S/C20H25N3O/c1-3-22-13-12-16-10-11-17(14-19(16)22)21-20(24)15-23(4-2)18-8-6-5-7-9-18/h5-11,14H,3-4,12-13,15H2,1-2H3,(H,21,24). The van der Waals surface area contributed by atoms with Crippen molar-refractivity contribution >= 4 is 23.0 Å². The summed E-state index contributed by atoms with van der Waals surface area (Å²) < 4.78 is 0. The predicted molar refractivity (Wildman–Crippen MR) is 101 cm³/mol. The first-order valence-corrected chi connectivity index (χ1v) is 8.69. The number of fused-ring (bicyclic) bond motifs is 1. The highest BCUT2D eigenvalue weighted by atomic mass is 16.2. The molecule has 4 nitrogen and oxygen atoms in total. The maximum absolute atomic E-state index is 12.4. The van der Waals surface area contributed by atoms with E-state index < -0.39 is 0 Å². The van der Waals surface area contributed by atoms with E-state index in [0.717, 1.165) is 37.4 Å². The van der Waals surface area contributed by atoms with Crippen LogP contribution < -0.4 is 15.1 Å². The van der Waals surface area contributed by atoms with Crippen LogP contribution in [0.25, 0.3) is 0 Å². The van der Waals surface area contributed by atoms with Crippen molar-refractivity contribution in [1.82, 2.24) is 0 Å². The minimum absolute atomic E-state index is 0.0155. The molecule has 1 aliphatic heterocycles. The van der Waals surface area contributed by atoms with Gasteiger partial charge in [0.1, 0.15) is 0 Å². The van der Waals surface area contributed by atoms with Crippen molar-refractivity contribution in [3.05, 3.63) is 54.1 Å². The Morgan fingerprint density at radius 2 is 1.96 bits per heavy atom. The van der Waals surface area contributed by atoms with Gasteiger partial charge in [-0.2, -0.15) is 0 Å². The van der Waals surface area contributed by atoms with Gasteiger partial charge < -0.3 is 15.1 Å². The van der Waals surface area contributed by atoms with Gasteiger partial charge in [-0.05, 0) is 50.1 Å². The van der Waals surface area contributed by atoms with Crippen LogP contribution >= 0.6 is 0 Å². The van der Waals surface area contributed by atoms with Crippen LogP contribution in [-0.2, 0) is 11.2 Å². The molecule has 4 heteroatoms. The SMILES string of the molecule is CCN(CC(=O)Nc1ccc2c(c1)N(CC)CC2)c1ccccc1. The zero-order valence-corrected chi connectivity index (χ0v) is 14.5. The molecule has 0 aromatic heterocycles. The van der Waals surface area contributed by atoms with Gasteiger partial charge in [-0.1, -0.05) is 24.3 Å². The van der Waals surface area contributed by atoms with Crippen molar-refractivity contribution < 1.29 is 4.79 Å². The highest BCUT2D eigenvalue weighted by Gasteiger charge is 2.18. The van der Waals surface area contributed by atoms with Gasteiger partial charge in [0.25, 0.3) is 0 Å². The number of carbonyl (C=O) groups excluding carboxylic acids is 1. The van der Waals surface area contributed by atoms with Gasteiger partial charge in [0, 0.05) is 36.7 Å². The molecule has 0 saturated heterocycles. The fraction of sp³-hybridized carbons (Fsp3) is 0.350. The number of amides is 1. The molecule has 3 rings (SSSR count). The van der Waals surface area contributed by atoms with E-state index in [-0.39, 0.29) is 5.91 Å². The Morgan fingerprint density at radius 3 is 2.67 bits per heavy atom. The Kier molecular flexibility index (Phi) is 5.04. The van der Waals surface area contributed by atoms with E-state index in [0.29, 0.717) is 6.54 Å². The van der Waals surface area contributed by atoms with Crippen molar-refractivity contribution in [2.45, 2.75) is 20.3 Å². The van der Waals surface area contributed by atoms with Gasteiger partial charge >= 0.3 is 0 Å². The van der Waals surface area contributed by atoms with Gasteiger partial charge in [0.05, 0.1) is 6.54 Å². The lowest BCUT2D eigenvalue weighted by Crippen LogP contribution is -2.33. The second kappa shape index (κ2) is 7.39. The van der Waals surface area contributed by atoms with Gasteiger partial charge in [-0.15, -0.1) is 0 Å². The number of rotatable bonds is 6. The zero-order chi connectivity index (χ0) is 16.9. The number of nitrogens with zero attached hydrogens (tertiary/aromatic N) is 2. The van der Waals surface area contributed by atoms with Gasteiger partial charge in [0.15, 0.2) is 0 Å². The summed E-state index contributed by atoms with van der Waals surface area (Å²) in [5, 5.41) is 3.04. The van der Waals surface area contributed by atoms with Crippen LogP contribution in [0.5, 0.6) is 0 Å². The van der Waals surface area contributed by atoms with Crippen molar-refractivity contribution in [3.8, 4) is 0 Å². The average Bonchev–Trinajstić information content (AvgIpc) is 3.02. The Hall–Kier alpha value is -2.49. The number of anilines is 3. The molecule has 0 saturated carbocycles. The van der Waals surface area contributed by atoms with Crippen LogP contribution in [0.1, 0.15) is 19.4 Å². The van der Waals surface area contributed by atoms with Crippen LogP contribution in [-0.4, -0.2) is 32.1 Å². The molecule has 1 N–H and O–H groups in total. The molecule has 0 atom stereocenters. The minimum atomic E-state index is 0.0155. The molecule has 0 unspecified atom stereocenters. The zero-order valence-electron chi connectivity index (χ0n) is 14.5. The topological polar surface area (TPSA) is 35.6 Å². The third-order valence-corrected chi connectivity index (χ3v) is 4.58. The second-order valence-corrected chi connectivity index (χ2v) is 6.07. The largest absolute Gasteiger partial charge is 0.371 e. The predicted octanol–water partition coefficient (Wildman–Crippen LogP) is 3.53. The molecule has 0 bridgehead atoms. The van der Waals surface area contributed by atoms with Gasteiger partial charge in [-0.3, -0.25) is 4.79 Å². The molecule has 2 aromatic carbocycles. The summed E-state index contributed by atoms with van der Waals surface area (Å²) in [7, 11) is 0. The first-order valence-electron chi connectivity index (χ1n) is 8.69. The number of carbonyl (C=O) groups is 1. The lowest BCUT2D eigenvalue weighted by molar-refractivity contribution is -0.115. The summed E-state index contributed by atoms with van der Waals surface area (Å²) >= 11 is 0. The number of hydrogen-bond acceptors (Lipinski definition) is 3. The van der Waals surface area contributed by atoms with E-state index in [1.807, 2.05) is 36.4 Å². The minimum Gasteiger partial charge on any atom is -0.371 e. The Bertz CT molecular complexity index is 699. The molecule has 2 aromatic rings. The van der Waals surface area contributed by atoms with Crippen LogP contribution in [0.2, 0.25) is 0 Å². The molecular formula is C20H25N3O. The van der Waals surface area contributed by atoms with Gasteiger partial charge in [-0.25, -0.2) is 0 Å². The lowest BCUT2D eigenvalue weighted by atomic mass is 10.1. The molecule has 1 amide bonds. The summed E-state index contributed by atoms with van der Waals surface area (Å²) in [6.07, 6.45) is 1.09. The van der Waals surface area contributed by atoms with Crippen LogP contribution in [0, 0.1) is 0 Å². The summed E-state index contributed by atoms with van der Waals surface area (Å²) in [5.74, 6) is 0.0155. The van der Waals surface area contributed by atoms with Crippen molar-refractivity contribution in [2.24, 2.45) is 0 Å². The number of hydrogen-bond donors (Lipinski definition) is 1. The Balaban J connectivity index is 1.67. The smallest absolute Gasteiger partial charge is 0.243 e. The van der Waals surface area contributed by atoms with E-state index in [2.05, 4.69) is 41.1 Å². The van der Waals surface area contributed by atoms with Crippen LogP contribution in [0.3, 0.4) is 0 Å². The molecular weight excluding hydrogens is 298 g/mol. The fourth-order valence-electron chi connectivity index (χ4n) is 3.25. The van der Waals surface area contributed by atoms with Crippen molar-refractivity contribution in [2.75, 3.05) is 41.3 Å². The van der Waals surface area contributed by atoms with Crippen LogP contribution in [0.15, 0.2) is 48.5 Å². The molecule has 0 spiro atoms. The number of nitrogens with one attached hydrogen (secondary N) is 1. The normalized spacial score (nSPS) is 12.8. The monoisotopic (exact) mass is 323 g/mol.